The molecule has 0 atom stereocenters. The Morgan fingerprint density at radius 1 is 0.864 bits per heavy atom. The van der Waals surface area contributed by atoms with Crippen LogP contribution in [0.25, 0.3) is 0 Å². The van der Waals surface area contributed by atoms with E-state index in [1.54, 1.807) is 30.3 Å². The minimum absolute atomic E-state index is 0.0273. The average molecular weight is 298 g/mol. The third-order valence-corrected chi connectivity index (χ3v) is 3.00. The van der Waals surface area contributed by atoms with Crippen LogP contribution in [0.15, 0.2) is 48.5 Å². The predicted molar refractivity (Wildman–Crippen MR) is 79.2 cm³/mol. The van der Waals surface area contributed by atoms with Gasteiger partial charge in [0.2, 0.25) is 0 Å². The molecule has 0 radical (unpaired) electrons. The number of ether oxygens (including phenoxy) is 2. The van der Waals surface area contributed by atoms with Gasteiger partial charge in [-0.2, -0.15) is 0 Å². The van der Waals surface area contributed by atoms with Gasteiger partial charge in [0.25, 0.3) is 0 Å². The van der Waals surface area contributed by atoms with E-state index in [4.69, 9.17) is 4.74 Å². The summed E-state index contributed by atoms with van der Waals surface area (Å²) in [5, 5.41) is 0. The number of carbonyl (C=O) groups excluding carboxylic acids is 3. The molecule has 0 bridgehead atoms. The molecule has 2 aromatic carbocycles. The zero-order valence-corrected chi connectivity index (χ0v) is 12.2. The van der Waals surface area contributed by atoms with Crippen molar-refractivity contribution in [3.63, 3.8) is 0 Å². The number of hydrogen-bond acceptors (Lipinski definition) is 5. The molecule has 0 fully saturated rings. The number of esters is 2. The summed E-state index contributed by atoms with van der Waals surface area (Å²) in [6.07, 6.45) is 0. The molecule has 0 amide bonds. The molecule has 0 spiro atoms. The first-order chi connectivity index (χ1) is 10.5. The lowest BCUT2D eigenvalue weighted by Gasteiger charge is -2.10. The summed E-state index contributed by atoms with van der Waals surface area (Å²) < 4.78 is 9.90. The van der Waals surface area contributed by atoms with Crippen molar-refractivity contribution in [2.24, 2.45) is 0 Å². The number of ketones is 1. The lowest BCUT2D eigenvalue weighted by atomic mass is 10.1. The molecule has 2 rings (SSSR count). The largest absolute Gasteiger partial charge is 0.465 e. The predicted octanol–water partition coefficient (Wildman–Crippen LogP) is 2.90. The molecule has 0 saturated heterocycles. The van der Waals surface area contributed by atoms with Crippen molar-refractivity contribution in [1.82, 2.24) is 0 Å². The van der Waals surface area contributed by atoms with Gasteiger partial charge in [0.05, 0.1) is 12.7 Å². The highest BCUT2D eigenvalue weighted by Gasteiger charge is 2.18. The van der Waals surface area contributed by atoms with Gasteiger partial charge in [-0.3, -0.25) is 4.79 Å². The van der Waals surface area contributed by atoms with E-state index in [2.05, 4.69) is 4.74 Å². The van der Waals surface area contributed by atoms with E-state index in [9.17, 15) is 14.4 Å². The van der Waals surface area contributed by atoms with Crippen molar-refractivity contribution < 1.29 is 23.9 Å². The van der Waals surface area contributed by atoms with Crippen molar-refractivity contribution in [3.8, 4) is 5.75 Å². The van der Waals surface area contributed by atoms with Crippen LogP contribution in [0.4, 0.5) is 0 Å². The summed E-state index contributed by atoms with van der Waals surface area (Å²) in [7, 11) is 1.21. The Labute approximate surface area is 127 Å². The fourth-order valence-electron chi connectivity index (χ4n) is 1.84. The minimum Gasteiger partial charge on any atom is -0.465 e. The average Bonchev–Trinajstić information content (AvgIpc) is 2.55. The highest BCUT2D eigenvalue weighted by molar-refractivity contribution is 6.00. The fourth-order valence-corrected chi connectivity index (χ4v) is 1.84. The molecule has 0 saturated carbocycles. The number of rotatable bonds is 4. The normalized spacial score (nSPS) is 9.91. The Hall–Kier alpha value is -2.95. The highest BCUT2D eigenvalue weighted by Crippen LogP contribution is 2.22. The Bertz CT molecular complexity index is 719. The van der Waals surface area contributed by atoms with E-state index in [1.165, 1.54) is 32.2 Å². The van der Waals surface area contributed by atoms with Crippen molar-refractivity contribution in [3.05, 3.63) is 65.2 Å². The first kappa shape index (κ1) is 15.4. The molecule has 0 aliphatic carbocycles. The van der Waals surface area contributed by atoms with E-state index in [-0.39, 0.29) is 17.1 Å². The molecule has 5 nitrogen and oxygen atoms in total. The van der Waals surface area contributed by atoms with Crippen LogP contribution in [-0.2, 0) is 4.74 Å². The summed E-state index contributed by atoms with van der Waals surface area (Å²) in [4.78, 5) is 35.3. The van der Waals surface area contributed by atoms with Gasteiger partial charge < -0.3 is 9.47 Å². The van der Waals surface area contributed by atoms with Gasteiger partial charge in [0, 0.05) is 5.56 Å². The summed E-state index contributed by atoms with van der Waals surface area (Å²) in [6, 6.07) is 12.6. The second-order valence-electron chi connectivity index (χ2n) is 4.51. The summed E-state index contributed by atoms with van der Waals surface area (Å²) in [5.74, 6) is -1.43. The Morgan fingerprint density at radius 2 is 1.55 bits per heavy atom. The monoisotopic (exact) mass is 298 g/mol. The van der Waals surface area contributed by atoms with E-state index in [0.717, 1.165) is 0 Å². The lowest BCUT2D eigenvalue weighted by Crippen LogP contribution is -2.13. The molecule has 0 heterocycles. The van der Waals surface area contributed by atoms with Gasteiger partial charge in [-0.15, -0.1) is 0 Å². The molecule has 5 heteroatoms. The van der Waals surface area contributed by atoms with Crippen LogP contribution in [0.2, 0.25) is 0 Å². The smallest absolute Gasteiger partial charge is 0.343 e. The summed E-state index contributed by atoms with van der Waals surface area (Å²) >= 11 is 0. The summed E-state index contributed by atoms with van der Waals surface area (Å²) in [5.41, 5.74) is 0.716. The molecule has 0 aliphatic heterocycles. The number of hydrogen-bond donors (Lipinski definition) is 0. The summed E-state index contributed by atoms with van der Waals surface area (Å²) in [6.45, 7) is 1.38. The van der Waals surface area contributed by atoms with Gasteiger partial charge >= 0.3 is 11.9 Å². The van der Waals surface area contributed by atoms with Crippen molar-refractivity contribution in [2.75, 3.05) is 7.11 Å². The third-order valence-electron chi connectivity index (χ3n) is 3.00. The van der Waals surface area contributed by atoms with Crippen LogP contribution in [0.1, 0.15) is 38.0 Å². The van der Waals surface area contributed by atoms with Gasteiger partial charge in [-0.1, -0.05) is 18.2 Å². The third kappa shape index (κ3) is 3.38. The fraction of sp³-hybridized carbons (Fsp3) is 0.118. The topological polar surface area (TPSA) is 69.7 Å². The maximum Gasteiger partial charge on any atom is 0.343 e. The van der Waals surface area contributed by atoms with Crippen molar-refractivity contribution >= 4 is 17.7 Å². The SMILES string of the molecule is COC(=O)c1cc(C(C)=O)ccc1OC(=O)c1ccccc1. The zero-order valence-electron chi connectivity index (χ0n) is 12.2. The number of methoxy groups -OCH3 is 1. The molecular formula is C17H14O5. The minimum atomic E-state index is -0.682. The van der Waals surface area contributed by atoms with Gasteiger partial charge in [-0.25, -0.2) is 9.59 Å². The van der Waals surface area contributed by atoms with Crippen LogP contribution in [-0.4, -0.2) is 24.8 Å². The van der Waals surface area contributed by atoms with E-state index >= 15 is 0 Å². The van der Waals surface area contributed by atoms with Gasteiger partial charge in [0.1, 0.15) is 11.3 Å². The molecular weight excluding hydrogens is 284 g/mol. The quantitative estimate of drug-likeness (QED) is 0.493. The van der Waals surface area contributed by atoms with E-state index in [1.807, 2.05) is 0 Å². The zero-order chi connectivity index (χ0) is 16.1. The Balaban J connectivity index is 2.36. The Kier molecular flexibility index (Phi) is 4.68. The molecule has 0 N–H and O–H groups in total. The number of carbonyl (C=O) groups is 3. The maximum atomic E-state index is 12.1. The highest BCUT2D eigenvalue weighted by atomic mass is 16.5. The molecule has 112 valence electrons. The molecule has 22 heavy (non-hydrogen) atoms. The van der Waals surface area contributed by atoms with Crippen molar-refractivity contribution in [1.29, 1.82) is 0 Å². The maximum absolute atomic E-state index is 12.1. The van der Waals surface area contributed by atoms with Crippen LogP contribution < -0.4 is 4.74 Å². The number of benzene rings is 2. The second kappa shape index (κ2) is 6.67. The van der Waals surface area contributed by atoms with E-state index < -0.39 is 11.9 Å². The van der Waals surface area contributed by atoms with Gasteiger partial charge in [-0.05, 0) is 37.3 Å². The van der Waals surface area contributed by atoms with Crippen molar-refractivity contribution in [2.45, 2.75) is 6.92 Å². The Morgan fingerprint density at radius 3 is 2.14 bits per heavy atom. The van der Waals surface area contributed by atoms with Crippen LogP contribution in [0, 0.1) is 0 Å². The number of Topliss-reactive ketones (excluding diaryl/α,β-unsaturated/α-hetero) is 1. The van der Waals surface area contributed by atoms with Crippen LogP contribution >= 0.6 is 0 Å². The lowest BCUT2D eigenvalue weighted by molar-refractivity contribution is 0.0593. The standard InChI is InChI=1S/C17H14O5/c1-11(18)13-8-9-15(14(10-13)17(20)21-2)22-16(19)12-6-4-3-5-7-12/h3-10H,1-2H3. The van der Waals surface area contributed by atoms with Crippen LogP contribution in [0.5, 0.6) is 5.75 Å². The molecule has 2 aromatic rings. The first-order valence-corrected chi connectivity index (χ1v) is 6.53. The van der Waals surface area contributed by atoms with Crippen LogP contribution in [0.3, 0.4) is 0 Å². The molecule has 0 aromatic heterocycles. The molecule has 0 unspecified atom stereocenters. The van der Waals surface area contributed by atoms with Gasteiger partial charge in [0.15, 0.2) is 5.78 Å². The van der Waals surface area contributed by atoms with E-state index in [0.29, 0.717) is 11.1 Å². The first-order valence-electron chi connectivity index (χ1n) is 6.53. The second-order valence-corrected chi connectivity index (χ2v) is 4.51. The molecule has 0 aliphatic rings.